The van der Waals surface area contributed by atoms with Gasteiger partial charge in [-0.1, -0.05) is 19.1 Å². The van der Waals surface area contributed by atoms with E-state index in [0.29, 0.717) is 12.2 Å². The standard InChI is InChI=1S/C21H28N2O5S/c1-6-19(16-7-12-20(28-5)15(2)13-16)22-21(24)14-23(3)29(25,26)18-10-8-17(27-4)9-11-18/h7-13,19H,6,14H2,1-5H3,(H,22,24)/t19-/m0/s1. The van der Waals surface area contributed by atoms with Crippen molar-refractivity contribution in [1.29, 1.82) is 0 Å². The lowest BCUT2D eigenvalue weighted by Crippen LogP contribution is -2.39. The number of likely N-dealkylation sites (N-methyl/N-ethyl adjacent to an activating group) is 1. The van der Waals surface area contributed by atoms with Gasteiger partial charge in [0.05, 0.1) is 31.7 Å². The van der Waals surface area contributed by atoms with Crippen LogP contribution in [0.1, 0.15) is 30.5 Å². The lowest BCUT2D eigenvalue weighted by molar-refractivity contribution is -0.121. The zero-order valence-electron chi connectivity index (χ0n) is 17.4. The third kappa shape index (κ3) is 5.48. The molecule has 0 aromatic heterocycles. The molecule has 158 valence electrons. The van der Waals surface area contributed by atoms with Crippen LogP contribution in [0.3, 0.4) is 0 Å². The Bertz CT molecular complexity index is 942. The van der Waals surface area contributed by atoms with Gasteiger partial charge in [-0.25, -0.2) is 8.42 Å². The topological polar surface area (TPSA) is 84.9 Å². The fraction of sp³-hybridized carbons (Fsp3) is 0.381. The van der Waals surface area contributed by atoms with Gasteiger partial charge in [-0.2, -0.15) is 4.31 Å². The van der Waals surface area contributed by atoms with Crippen LogP contribution in [0.2, 0.25) is 0 Å². The first-order chi connectivity index (χ1) is 13.7. The van der Waals surface area contributed by atoms with Crippen molar-refractivity contribution in [2.75, 3.05) is 27.8 Å². The van der Waals surface area contributed by atoms with Crippen LogP contribution in [0.15, 0.2) is 47.4 Å². The number of carbonyl (C=O) groups is 1. The molecule has 1 N–H and O–H groups in total. The van der Waals surface area contributed by atoms with Gasteiger partial charge in [0.25, 0.3) is 0 Å². The Kier molecular flexibility index (Phi) is 7.64. The summed E-state index contributed by atoms with van der Waals surface area (Å²) in [6.45, 7) is 3.62. The molecule has 0 aliphatic rings. The molecule has 2 aromatic carbocycles. The van der Waals surface area contributed by atoms with Crippen LogP contribution in [0.5, 0.6) is 11.5 Å². The molecule has 0 aliphatic heterocycles. The number of nitrogens with zero attached hydrogens (tertiary/aromatic N) is 1. The maximum absolute atomic E-state index is 12.7. The zero-order valence-corrected chi connectivity index (χ0v) is 18.2. The fourth-order valence-corrected chi connectivity index (χ4v) is 4.12. The third-order valence-corrected chi connectivity index (χ3v) is 6.52. The smallest absolute Gasteiger partial charge is 0.243 e. The van der Waals surface area contributed by atoms with Gasteiger partial charge in [0.2, 0.25) is 15.9 Å². The van der Waals surface area contributed by atoms with Gasteiger partial charge in [-0.15, -0.1) is 0 Å². The SMILES string of the molecule is CC[C@H](NC(=O)CN(C)S(=O)(=O)c1ccc(OC)cc1)c1ccc(OC)c(C)c1. The van der Waals surface area contributed by atoms with E-state index in [1.165, 1.54) is 26.3 Å². The van der Waals surface area contributed by atoms with Crippen LogP contribution < -0.4 is 14.8 Å². The minimum Gasteiger partial charge on any atom is -0.497 e. The summed E-state index contributed by atoms with van der Waals surface area (Å²) in [5, 5.41) is 2.91. The first kappa shape index (κ1) is 22.7. The quantitative estimate of drug-likeness (QED) is 0.674. The monoisotopic (exact) mass is 420 g/mol. The Labute approximate surface area is 172 Å². The van der Waals surface area contributed by atoms with Crippen LogP contribution in [0.25, 0.3) is 0 Å². The lowest BCUT2D eigenvalue weighted by atomic mass is 10.0. The van der Waals surface area contributed by atoms with Crippen molar-refractivity contribution in [3.05, 3.63) is 53.6 Å². The number of methoxy groups -OCH3 is 2. The second-order valence-electron chi connectivity index (χ2n) is 6.69. The van der Waals surface area contributed by atoms with Crippen molar-refractivity contribution < 1.29 is 22.7 Å². The molecule has 0 bridgehead atoms. The maximum Gasteiger partial charge on any atom is 0.243 e. The molecule has 8 heteroatoms. The molecule has 0 fully saturated rings. The summed E-state index contributed by atoms with van der Waals surface area (Å²) in [6, 6.07) is 11.6. The minimum atomic E-state index is -3.78. The number of carbonyl (C=O) groups excluding carboxylic acids is 1. The molecule has 29 heavy (non-hydrogen) atoms. The summed E-state index contributed by atoms with van der Waals surface area (Å²) < 4.78 is 36.8. The molecule has 0 unspecified atom stereocenters. The Morgan fingerprint density at radius 1 is 1.10 bits per heavy atom. The average Bonchev–Trinajstić information content (AvgIpc) is 2.71. The number of nitrogens with one attached hydrogen (secondary N) is 1. The van der Waals surface area contributed by atoms with Crippen molar-refractivity contribution in [2.45, 2.75) is 31.2 Å². The van der Waals surface area contributed by atoms with E-state index in [1.54, 1.807) is 19.2 Å². The van der Waals surface area contributed by atoms with E-state index in [4.69, 9.17) is 9.47 Å². The highest BCUT2D eigenvalue weighted by molar-refractivity contribution is 7.89. The van der Waals surface area contributed by atoms with E-state index in [2.05, 4.69) is 5.32 Å². The minimum absolute atomic E-state index is 0.103. The molecule has 0 radical (unpaired) electrons. The van der Waals surface area contributed by atoms with Crippen LogP contribution in [0.4, 0.5) is 0 Å². The molecular weight excluding hydrogens is 392 g/mol. The second kappa shape index (κ2) is 9.76. The molecule has 0 aliphatic carbocycles. The average molecular weight is 421 g/mol. The summed E-state index contributed by atoms with van der Waals surface area (Å²) in [5.41, 5.74) is 1.91. The largest absolute Gasteiger partial charge is 0.497 e. The Hall–Kier alpha value is -2.58. The molecule has 1 atom stereocenters. The normalized spacial score (nSPS) is 12.5. The second-order valence-corrected chi connectivity index (χ2v) is 8.74. The number of ether oxygens (including phenoxy) is 2. The number of hydrogen-bond acceptors (Lipinski definition) is 5. The predicted molar refractivity (Wildman–Crippen MR) is 112 cm³/mol. The fourth-order valence-electron chi connectivity index (χ4n) is 2.99. The highest BCUT2D eigenvalue weighted by atomic mass is 32.2. The van der Waals surface area contributed by atoms with E-state index in [0.717, 1.165) is 21.2 Å². The number of hydrogen-bond donors (Lipinski definition) is 1. The van der Waals surface area contributed by atoms with Crippen LogP contribution in [0, 0.1) is 6.92 Å². The first-order valence-electron chi connectivity index (χ1n) is 9.27. The number of aryl methyl sites for hydroxylation is 1. The van der Waals surface area contributed by atoms with E-state index >= 15 is 0 Å². The lowest BCUT2D eigenvalue weighted by Gasteiger charge is -2.21. The maximum atomic E-state index is 12.7. The molecule has 2 aromatic rings. The Morgan fingerprint density at radius 2 is 1.76 bits per heavy atom. The molecule has 7 nitrogen and oxygen atoms in total. The number of benzene rings is 2. The van der Waals surface area contributed by atoms with Crippen molar-refractivity contribution >= 4 is 15.9 Å². The van der Waals surface area contributed by atoms with Crippen molar-refractivity contribution in [3.63, 3.8) is 0 Å². The molecule has 2 rings (SSSR count). The number of amides is 1. The van der Waals surface area contributed by atoms with Crippen LogP contribution >= 0.6 is 0 Å². The Morgan fingerprint density at radius 3 is 2.28 bits per heavy atom. The summed E-state index contributed by atoms with van der Waals surface area (Å²) >= 11 is 0. The van der Waals surface area contributed by atoms with E-state index < -0.39 is 10.0 Å². The Balaban J connectivity index is 2.08. The van der Waals surface area contributed by atoms with Gasteiger partial charge in [0.1, 0.15) is 11.5 Å². The van der Waals surface area contributed by atoms with Crippen molar-refractivity contribution in [3.8, 4) is 11.5 Å². The molecule has 0 saturated carbocycles. The van der Waals surface area contributed by atoms with Gasteiger partial charge < -0.3 is 14.8 Å². The van der Waals surface area contributed by atoms with Crippen LogP contribution in [-0.2, 0) is 14.8 Å². The highest BCUT2D eigenvalue weighted by Crippen LogP contribution is 2.24. The number of sulfonamides is 1. The number of rotatable bonds is 9. The van der Waals surface area contributed by atoms with Gasteiger partial charge in [0.15, 0.2) is 0 Å². The molecular formula is C21H28N2O5S. The van der Waals surface area contributed by atoms with Crippen LogP contribution in [-0.4, -0.2) is 46.4 Å². The molecule has 0 saturated heterocycles. The summed E-state index contributed by atoms with van der Waals surface area (Å²) in [6.07, 6.45) is 0.673. The van der Waals surface area contributed by atoms with E-state index in [-0.39, 0.29) is 23.4 Å². The predicted octanol–water partition coefficient (Wildman–Crippen LogP) is 2.90. The van der Waals surface area contributed by atoms with Gasteiger partial charge in [-0.3, -0.25) is 4.79 Å². The van der Waals surface area contributed by atoms with Crippen molar-refractivity contribution in [1.82, 2.24) is 9.62 Å². The van der Waals surface area contributed by atoms with Crippen molar-refractivity contribution in [2.24, 2.45) is 0 Å². The van der Waals surface area contributed by atoms with Gasteiger partial charge >= 0.3 is 0 Å². The van der Waals surface area contributed by atoms with Gasteiger partial charge in [-0.05, 0) is 54.8 Å². The molecule has 0 spiro atoms. The molecule has 1 amide bonds. The third-order valence-electron chi connectivity index (χ3n) is 4.70. The summed E-state index contributed by atoms with van der Waals surface area (Å²) in [5.74, 6) is 0.968. The van der Waals surface area contributed by atoms with E-state index in [9.17, 15) is 13.2 Å². The first-order valence-corrected chi connectivity index (χ1v) is 10.7. The zero-order chi connectivity index (χ0) is 21.6. The van der Waals surface area contributed by atoms with Gasteiger partial charge in [0, 0.05) is 7.05 Å². The summed E-state index contributed by atoms with van der Waals surface area (Å²) in [7, 11) is 0.725. The summed E-state index contributed by atoms with van der Waals surface area (Å²) in [4.78, 5) is 12.6. The highest BCUT2D eigenvalue weighted by Gasteiger charge is 2.24. The van der Waals surface area contributed by atoms with E-state index in [1.807, 2.05) is 32.0 Å². The molecule has 0 heterocycles.